The van der Waals surface area contributed by atoms with Gasteiger partial charge in [-0.15, -0.1) is 0 Å². The van der Waals surface area contributed by atoms with Gasteiger partial charge in [-0.25, -0.2) is 0 Å². The minimum absolute atomic E-state index is 0.961. The van der Waals surface area contributed by atoms with Crippen LogP contribution in [0.4, 0.5) is 0 Å². The van der Waals surface area contributed by atoms with Gasteiger partial charge in [-0.05, 0) is 22.9 Å². The number of benzene rings is 3. The lowest BCUT2D eigenvalue weighted by Gasteiger charge is -2.03. The van der Waals surface area contributed by atoms with Crippen molar-refractivity contribution in [2.45, 2.75) is 0 Å². The predicted octanol–water partition coefficient (Wildman–Crippen LogP) is 3.00. The van der Waals surface area contributed by atoms with E-state index in [0.717, 1.165) is 11.2 Å². The molecule has 0 saturated heterocycles. The number of furan rings is 1. The van der Waals surface area contributed by atoms with E-state index in [1.54, 1.807) is 0 Å². The molecule has 0 amide bonds. The maximum atomic E-state index is 5.94. The highest BCUT2D eigenvalue weighted by Gasteiger charge is 2.10. The first-order valence-corrected chi connectivity index (χ1v) is 6.14. The summed E-state index contributed by atoms with van der Waals surface area (Å²) in [6.45, 7) is 0. The normalized spacial score (nSPS) is 11.6. The first-order chi connectivity index (χ1) is 8.84. The van der Waals surface area contributed by atoms with Crippen LogP contribution in [0.5, 0.6) is 0 Å². The zero-order valence-electron chi connectivity index (χ0n) is 10.1. The lowest BCUT2D eigenvalue weighted by atomic mass is 9.88. The van der Waals surface area contributed by atoms with Crippen LogP contribution in [0.15, 0.2) is 59.0 Å². The summed E-state index contributed by atoms with van der Waals surface area (Å²) < 4.78 is 5.94. The van der Waals surface area contributed by atoms with E-state index in [-0.39, 0.29) is 0 Å². The summed E-state index contributed by atoms with van der Waals surface area (Å²) >= 11 is 0. The van der Waals surface area contributed by atoms with Gasteiger partial charge in [0.1, 0.15) is 19.0 Å². The summed E-state index contributed by atoms with van der Waals surface area (Å²) in [6, 6.07) is 18.9. The van der Waals surface area contributed by atoms with Crippen LogP contribution in [0.1, 0.15) is 0 Å². The molecule has 2 heteroatoms. The summed E-state index contributed by atoms with van der Waals surface area (Å²) in [5.41, 5.74) is 3.20. The maximum absolute atomic E-state index is 5.94. The fourth-order valence-corrected chi connectivity index (χ4v) is 2.76. The van der Waals surface area contributed by atoms with Gasteiger partial charge >= 0.3 is 0 Å². The van der Waals surface area contributed by atoms with E-state index < -0.39 is 0 Å². The molecule has 1 aromatic heterocycles. The van der Waals surface area contributed by atoms with Gasteiger partial charge in [0.2, 0.25) is 0 Å². The molecule has 0 N–H and O–H groups in total. The van der Waals surface area contributed by atoms with Crippen LogP contribution in [0.25, 0.3) is 32.7 Å². The molecule has 84 valence electrons. The molecule has 4 rings (SSSR count). The van der Waals surface area contributed by atoms with Crippen LogP contribution < -0.4 is 5.46 Å². The molecule has 0 fully saturated rings. The number of fused-ring (bicyclic) bond motifs is 5. The molecular formula is C16H11BO. The smallest absolute Gasteiger partial charge is 0.140 e. The van der Waals surface area contributed by atoms with Crippen LogP contribution >= 0.6 is 0 Å². The molecule has 0 aliphatic rings. The Morgan fingerprint density at radius 1 is 0.722 bits per heavy atom. The molecule has 0 saturated carbocycles. The van der Waals surface area contributed by atoms with Gasteiger partial charge in [-0.2, -0.15) is 0 Å². The van der Waals surface area contributed by atoms with Gasteiger partial charge in [-0.1, -0.05) is 47.9 Å². The first kappa shape index (κ1) is 9.78. The highest BCUT2D eigenvalue weighted by atomic mass is 16.3. The van der Waals surface area contributed by atoms with Crippen molar-refractivity contribution in [1.29, 1.82) is 0 Å². The van der Waals surface area contributed by atoms with E-state index in [4.69, 9.17) is 4.42 Å². The summed E-state index contributed by atoms with van der Waals surface area (Å²) in [4.78, 5) is 0. The average Bonchev–Trinajstić information content (AvgIpc) is 2.77. The van der Waals surface area contributed by atoms with Crippen molar-refractivity contribution in [2.24, 2.45) is 0 Å². The minimum atomic E-state index is 0.961. The standard InChI is InChI=1S/C16H11BO/c17-13-9-15-16(11-6-2-1-5-10(11)13)12-7-3-4-8-14(12)18-15/h1-9H,17H2. The Labute approximate surface area is 105 Å². The first-order valence-electron chi connectivity index (χ1n) is 6.14. The predicted molar refractivity (Wildman–Crippen MR) is 79.4 cm³/mol. The molecule has 4 aromatic rings. The van der Waals surface area contributed by atoms with Gasteiger partial charge in [0.05, 0.1) is 0 Å². The Morgan fingerprint density at radius 3 is 2.22 bits per heavy atom. The van der Waals surface area contributed by atoms with Crippen LogP contribution in [-0.4, -0.2) is 7.85 Å². The molecular weight excluding hydrogens is 219 g/mol. The van der Waals surface area contributed by atoms with Crippen molar-refractivity contribution in [2.75, 3.05) is 0 Å². The third-order valence-corrected chi connectivity index (χ3v) is 3.59. The fraction of sp³-hybridized carbons (Fsp3) is 0. The van der Waals surface area contributed by atoms with Crippen molar-refractivity contribution >= 4 is 46.0 Å². The fourth-order valence-electron chi connectivity index (χ4n) is 2.76. The van der Waals surface area contributed by atoms with E-state index in [1.807, 2.05) is 12.1 Å². The Morgan fingerprint density at radius 2 is 1.39 bits per heavy atom. The SMILES string of the molecule is Bc1cc2oc3ccccc3c2c2ccccc12. The highest BCUT2D eigenvalue weighted by Crippen LogP contribution is 2.33. The van der Waals surface area contributed by atoms with Crippen molar-refractivity contribution in [3.8, 4) is 0 Å². The molecule has 0 spiro atoms. The Balaban J connectivity index is 2.39. The molecule has 0 atom stereocenters. The van der Waals surface area contributed by atoms with Gasteiger partial charge in [-0.3, -0.25) is 0 Å². The van der Waals surface area contributed by atoms with Crippen LogP contribution in [0.2, 0.25) is 0 Å². The molecule has 0 aliphatic heterocycles. The molecule has 0 aliphatic carbocycles. The third-order valence-electron chi connectivity index (χ3n) is 3.59. The largest absolute Gasteiger partial charge is 0.456 e. The second-order valence-electron chi connectivity index (χ2n) is 4.71. The summed E-state index contributed by atoms with van der Waals surface area (Å²) in [5, 5.41) is 5.00. The van der Waals surface area contributed by atoms with E-state index >= 15 is 0 Å². The molecule has 0 radical (unpaired) electrons. The van der Waals surface area contributed by atoms with Crippen molar-refractivity contribution in [1.82, 2.24) is 0 Å². The van der Waals surface area contributed by atoms with Crippen LogP contribution in [-0.2, 0) is 0 Å². The highest BCUT2D eigenvalue weighted by molar-refractivity contribution is 6.41. The van der Waals surface area contributed by atoms with E-state index in [0.29, 0.717) is 0 Å². The number of hydrogen-bond acceptors (Lipinski definition) is 1. The average molecular weight is 230 g/mol. The molecule has 1 nitrogen and oxygen atoms in total. The Kier molecular flexibility index (Phi) is 1.84. The maximum Gasteiger partial charge on any atom is 0.140 e. The minimum Gasteiger partial charge on any atom is -0.456 e. The zero-order valence-corrected chi connectivity index (χ0v) is 10.1. The van der Waals surface area contributed by atoms with E-state index in [1.165, 1.54) is 27.0 Å². The van der Waals surface area contributed by atoms with Gasteiger partial charge in [0.25, 0.3) is 0 Å². The Hall–Kier alpha value is -2.22. The number of rotatable bonds is 0. The second kappa shape index (κ2) is 3.39. The number of para-hydroxylation sites is 1. The third kappa shape index (κ3) is 1.18. The van der Waals surface area contributed by atoms with E-state index in [9.17, 15) is 0 Å². The van der Waals surface area contributed by atoms with Crippen LogP contribution in [0.3, 0.4) is 0 Å². The zero-order chi connectivity index (χ0) is 12.1. The van der Waals surface area contributed by atoms with Gasteiger partial charge < -0.3 is 4.42 Å². The van der Waals surface area contributed by atoms with Crippen LogP contribution in [0, 0.1) is 0 Å². The topological polar surface area (TPSA) is 13.1 Å². The lowest BCUT2D eigenvalue weighted by molar-refractivity contribution is 0.669. The quantitative estimate of drug-likeness (QED) is 0.423. The van der Waals surface area contributed by atoms with Crippen molar-refractivity contribution < 1.29 is 4.42 Å². The molecule has 0 bridgehead atoms. The van der Waals surface area contributed by atoms with E-state index in [2.05, 4.69) is 50.3 Å². The summed E-state index contributed by atoms with van der Waals surface area (Å²) in [5.74, 6) is 0. The molecule has 1 heterocycles. The van der Waals surface area contributed by atoms with Crippen molar-refractivity contribution in [3.05, 3.63) is 54.6 Å². The molecule has 18 heavy (non-hydrogen) atoms. The molecule has 3 aromatic carbocycles. The monoisotopic (exact) mass is 230 g/mol. The second-order valence-corrected chi connectivity index (χ2v) is 4.71. The lowest BCUT2D eigenvalue weighted by Crippen LogP contribution is -2.02. The molecule has 0 unspecified atom stereocenters. The Bertz CT molecular complexity index is 889. The number of hydrogen-bond donors (Lipinski definition) is 0. The van der Waals surface area contributed by atoms with Gasteiger partial charge in [0.15, 0.2) is 0 Å². The van der Waals surface area contributed by atoms with Crippen molar-refractivity contribution in [3.63, 3.8) is 0 Å². The summed E-state index contributed by atoms with van der Waals surface area (Å²) in [6.07, 6.45) is 0. The van der Waals surface area contributed by atoms with Gasteiger partial charge in [0, 0.05) is 10.8 Å². The summed E-state index contributed by atoms with van der Waals surface area (Å²) in [7, 11) is 2.13.